The number of methoxy groups -OCH3 is 2. The number of aromatic nitrogens is 2. The van der Waals surface area contributed by atoms with Gasteiger partial charge in [-0.05, 0) is 43.2 Å². The fourth-order valence-electron chi connectivity index (χ4n) is 4.67. The summed E-state index contributed by atoms with van der Waals surface area (Å²) in [6.07, 6.45) is 1.93. The van der Waals surface area contributed by atoms with Gasteiger partial charge in [0, 0.05) is 42.5 Å². The molecule has 5 rings (SSSR count). The molecule has 2 aromatic carbocycles. The Hall–Kier alpha value is -3.30. The molecule has 3 heterocycles. The average molecular weight is 466 g/mol. The van der Waals surface area contributed by atoms with Crippen LogP contribution in [-0.4, -0.2) is 74.8 Å². The van der Waals surface area contributed by atoms with Gasteiger partial charge in [0.25, 0.3) is 0 Å². The maximum absolute atomic E-state index is 9.84. The molecule has 0 saturated carbocycles. The van der Waals surface area contributed by atoms with E-state index in [0.717, 1.165) is 62.3 Å². The van der Waals surface area contributed by atoms with Gasteiger partial charge in [0.1, 0.15) is 5.82 Å². The maximum Gasteiger partial charge on any atom is 0.228 e. The number of anilines is 4. The van der Waals surface area contributed by atoms with Gasteiger partial charge in [-0.3, -0.25) is 0 Å². The van der Waals surface area contributed by atoms with Crippen LogP contribution in [0.1, 0.15) is 12.8 Å². The lowest BCUT2D eigenvalue weighted by Gasteiger charge is -2.29. The molecule has 1 aromatic heterocycles. The van der Waals surface area contributed by atoms with Gasteiger partial charge in [0.05, 0.1) is 45.6 Å². The van der Waals surface area contributed by atoms with E-state index in [-0.39, 0.29) is 12.6 Å². The molecule has 1 atom stereocenters. The van der Waals surface area contributed by atoms with E-state index in [1.807, 2.05) is 12.1 Å². The van der Waals surface area contributed by atoms with E-state index in [1.165, 1.54) is 5.69 Å². The van der Waals surface area contributed by atoms with Crippen molar-refractivity contribution in [2.24, 2.45) is 0 Å². The molecule has 2 aliphatic rings. The molecule has 9 heteroatoms. The number of nitrogens with one attached hydrogen (secondary N) is 1. The first kappa shape index (κ1) is 22.5. The number of nitrogens with zero attached hydrogens (tertiary/aromatic N) is 4. The molecule has 2 fully saturated rings. The zero-order valence-electron chi connectivity index (χ0n) is 19.7. The molecule has 2 saturated heterocycles. The summed E-state index contributed by atoms with van der Waals surface area (Å²) in [5.41, 5.74) is 2.85. The topological polar surface area (TPSA) is 92.2 Å². The van der Waals surface area contributed by atoms with Gasteiger partial charge in [0.15, 0.2) is 11.5 Å². The van der Waals surface area contributed by atoms with E-state index in [2.05, 4.69) is 39.4 Å². The van der Waals surface area contributed by atoms with Crippen LogP contribution in [0.5, 0.6) is 11.5 Å². The van der Waals surface area contributed by atoms with E-state index in [0.29, 0.717) is 23.3 Å². The van der Waals surface area contributed by atoms with Crippen molar-refractivity contribution in [3.63, 3.8) is 0 Å². The maximum atomic E-state index is 9.84. The predicted molar refractivity (Wildman–Crippen MR) is 133 cm³/mol. The van der Waals surface area contributed by atoms with E-state index >= 15 is 0 Å². The number of benzene rings is 2. The van der Waals surface area contributed by atoms with Crippen LogP contribution in [-0.2, 0) is 4.74 Å². The molecule has 34 heavy (non-hydrogen) atoms. The standard InChI is InChI=1S/C25H31N5O4/c1-32-22-14-20-21(15-23(22)33-2)27-25(30-9-3-4-19(30)16-31)28-24(20)26-17-5-7-18(8-6-17)29-10-12-34-13-11-29/h5-8,14-15,19,31H,3-4,9-13,16H2,1-2H3,(H,26,27,28). The minimum absolute atomic E-state index is 0.0262. The number of aliphatic hydroxyl groups is 1. The quantitative estimate of drug-likeness (QED) is 0.546. The SMILES string of the molecule is COc1cc2nc(N3CCCC3CO)nc(Nc3ccc(N4CCOCC4)cc3)c2cc1OC. The van der Waals surface area contributed by atoms with Gasteiger partial charge in [-0.2, -0.15) is 4.98 Å². The summed E-state index contributed by atoms with van der Waals surface area (Å²) >= 11 is 0. The van der Waals surface area contributed by atoms with Crippen molar-refractivity contribution in [2.75, 3.05) is 68.8 Å². The highest BCUT2D eigenvalue weighted by atomic mass is 16.5. The molecule has 3 aromatic rings. The molecule has 0 amide bonds. The molecule has 0 aliphatic carbocycles. The molecule has 180 valence electrons. The van der Waals surface area contributed by atoms with Crippen LogP contribution < -0.4 is 24.6 Å². The molecule has 2 aliphatic heterocycles. The van der Waals surface area contributed by atoms with Gasteiger partial charge in [-0.15, -0.1) is 0 Å². The number of ether oxygens (including phenoxy) is 3. The van der Waals surface area contributed by atoms with Crippen LogP contribution in [0.2, 0.25) is 0 Å². The molecule has 9 nitrogen and oxygen atoms in total. The lowest BCUT2D eigenvalue weighted by Crippen LogP contribution is -2.36. The average Bonchev–Trinajstić information content (AvgIpc) is 3.38. The summed E-state index contributed by atoms with van der Waals surface area (Å²) in [5.74, 6) is 2.51. The lowest BCUT2D eigenvalue weighted by atomic mass is 10.2. The molecule has 1 unspecified atom stereocenters. The molecule has 0 spiro atoms. The van der Waals surface area contributed by atoms with Crippen molar-refractivity contribution >= 4 is 34.0 Å². The lowest BCUT2D eigenvalue weighted by molar-refractivity contribution is 0.122. The Kier molecular flexibility index (Phi) is 6.55. The second-order valence-corrected chi connectivity index (χ2v) is 8.54. The zero-order chi connectivity index (χ0) is 23.5. The highest BCUT2D eigenvalue weighted by Gasteiger charge is 2.27. The van der Waals surface area contributed by atoms with Crippen molar-refractivity contribution in [2.45, 2.75) is 18.9 Å². The zero-order valence-corrected chi connectivity index (χ0v) is 19.7. The molecule has 0 radical (unpaired) electrons. The molecule has 0 bridgehead atoms. The highest BCUT2D eigenvalue weighted by Crippen LogP contribution is 2.37. The number of hydrogen-bond acceptors (Lipinski definition) is 9. The summed E-state index contributed by atoms with van der Waals surface area (Å²) in [4.78, 5) is 14.1. The van der Waals surface area contributed by atoms with Crippen LogP contribution in [0.3, 0.4) is 0 Å². The second kappa shape index (κ2) is 9.90. The van der Waals surface area contributed by atoms with Gasteiger partial charge >= 0.3 is 0 Å². The van der Waals surface area contributed by atoms with Gasteiger partial charge in [0.2, 0.25) is 5.95 Å². The van der Waals surface area contributed by atoms with Gasteiger partial charge in [-0.1, -0.05) is 0 Å². The predicted octanol–water partition coefficient (Wildman–Crippen LogP) is 3.19. The number of aliphatic hydroxyl groups excluding tert-OH is 1. The van der Waals surface area contributed by atoms with Crippen LogP contribution >= 0.6 is 0 Å². The Morgan fingerprint density at radius 1 is 1.03 bits per heavy atom. The van der Waals surface area contributed by atoms with Crippen LogP contribution in [0, 0.1) is 0 Å². The number of morpholine rings is 1. The summed E-state index contributed by atoms with van der Waals surface area (Å²) in [6, 6.07) is 12.1. The Balaban J connectivity index is 1.52. The molecular formula is C25H31N5O4. The van der Waals surface area contributed by atoms with Crippen molar-refractivity contribution in [1.82, 2.24) is 9.97 Å². The van der Waals surface area contributed by atoms with Crippen LogP contribution in [0.4, 0.5) is 23.1 Å². The first-order valence-corrected chi connectivity index (χ1v) is 11.7. The first-order valence-electron chi connectivity index (χ1n) is 11.7. The van der Waals surface area contributed by atoms with E-state index < -0.39 is 0 Å². The third-order valence-electron chi connectivity index (χ3n) is 6.54. The molecular weight excluding hydrogens is 434 g/mol. The van der Waals surface area contributed by atoms with E-state index in [1.54, 1.807) is 14.2 Å². The number of fused-ring (bicyclic) bond motifs is 1. The smallest absolute Gasteiger partial charge is 0.228 e. The Morgan fingerprint density at radius 2 is 1.76 bits per heavy atom. The Labute approximate surface area is 199 Å². The van der Waals surface area contributed by atoms with Gasteiger partial charge in [-0.25, -0.2) is 4.98 Å². The summed E-state index contributed by atoms with van der Waals surface area (Å²) < 4.78 is 16.5. The van der Waals surface area contributed by atoms with Crippen LogP contribution in [0.25, 0.3) is 10.9 Å². The highest BCUT2D eigenvalue weighted by molar-refractivity contribution is 5.94. The second-order valence-electron chi connectivity index (χ2n) is 8.54. The van der Waals surface area contributed by atoms with Crippen LogP contribution in [0.15, 0.2) is 36.4 Å². The van der Waals surface area contributed by atoms with E-state index in [4.69, 9.17) is 24.2 Å². The first-order chi connectivity index (χ1) is 16.7. The van der Waals surface area contributed by atoms with Crippen molar-refractivity contribution in [1.29, 1.82) is 0 Å². The van der Waals surface area contributed by atoms with Crippen molar-refractivity contribution < 1.29 is 19.3 Å². The fraction of sp³-hybridized carbons (Fsp3) is 0.440. The Morgan fingerprint density at radius 3 is 2.47 bits per heavy atom. The van der Waals surface area contributed by atoms with Crippen molar-refractivity contribution in [3.05, 3.63) is 36.4 Å². The summed E-state index contributed by atoms with van der Waals surface area (Å²) in [5, 5.41) is 14.2. The summed E-state index contributed by atoms with van der Waals surface area (Å²) in [6.45, 7) is 4.21. The number of hydrogen-bond donors (Lipinski definition) is 2. The third kappa shape index (κ3) is 4.41. The van der Waals surface area contributed by atoms with Gasteiger partial charge < -0.3 is 34.4 Å². The minimum Gasteiger partial charge on any atom is -0.493 e. The third-order valence-corrected chi connectivity index (χ3v) is 6.54. The normalized spacial score (nSPS) is 18.4. The fourth-order valence-corrected chi connectivity index (χ4v) is 4.67. The number of rotatable bonds is 7. The van der Waals surface area contributed by atoms with Crippen molar-refractivity contribution in [3.8, 4) is 11.5 Å². The Bertz CT molecular complexity index is 1130. The monoisotopic (exact) mass is 465 g/mol. The summed E-state index contributed by atoms with van der Waals surface area (Å²) in [7, 11) is 3.23. The van der Waals surface area contributed by atoms with E-state index in [9.17, 15) is 5.11 Å². The minimum atomic E-state index is 0.0262. The molecule has 2 N–H and O–H groups in total. The largest absolute Gasteiger partial charge is 0.493 e.